The fourth-order valence-corrected chi connectivity index (χ4v) is 4.27. The molecule has 3 atom stereocenters. The van der Waals surface area contributed by atoms with Crippen molar-refractivity contribution in [2.75, 3.05) is 33.4 Å². The summed E-state index contributed by atoms with van der Waals surface area (Å²) in [7, 11) is 4.09. The van der Waals surface area contributed by atoms with Gasteiger partial charge in [-0.25, -0.2) is 0 Å². The quantitative estimate of drug-likeness (QED) is 0.879. The molecule has 5 nitrogen and oxygen atoms in total. The Labute approximate surface area is 140 Å². The Morgan fingerprint density at radius 1 is 1.45 bits per heavy atom. The first-order chi connectivity index (χ1) is 10.4. The van der Waals surface area contributed by atoms with Gasteiger partial charge in [0.15, 0.2) is 0 Å². The molecule has 1 fully saturated rings. The summed E-state index contributed by atoms with van der Waals surface area (Å²) >= 11 is 3.17. The van der Waals surface area contributed by atoms with Gasteiger partial charge in [-0.15, -0.1) is 11.3 Å². The van der Waals surface area contributed by atoms with Crippen LogP contribution in [0.15, 0.2) is 17.5 Å². The lowest BCUT2D eigenvalue weighted by atomic mass is 10.2. The first-order valence-corrected chi connectivity index (χ1v) is 9.43. The molecule has 2 amide bonds. The molecule has 0 aliphatic carbocycles. The summed E-state index contributed by atoms with van der Waals surface area (Å²) in [4.78, 5) is 29.3. The number of likely N-dealkylation sites (N-methyl/N-ethyl adjacent to an activating group) is 1. The maximum absolute atomic E-state index is 12.6. The monoisotopic (exact) mass is 341 g/mol. The Morgan fingerprint density at radius 3 is 2.68 bits per heavy atom. The van der Waals surface area contributed by atoms with E-state index < -0.39 is 6.04 Å². The van der Waals surface area contributed by atoms with Gasteiger partial charge in [0.05, 0.1) is 4.88 Å². The van der Waals surface area contributed by atoms with Crippen LogP contribution >= 0.6 is 23.1 Å². The fourth-order valence-electron chi connectivity index (χ4n) is 2.68. The molecule has 1 saturated heterocycles. The SMILES string of the molecule is CS[C@@H]1CN(C(=O)[C@@H](C)NC(=O)c2cccs2)C[C@@H]1N(C)C. The van der Waals surface area contributed by atoms with Crippen LogP contribution in [0.3, 0.4) is 0 Å². The molecule has 0 saturated carbocycles. The third-order valence-corrected chi connectivity index (χ3v) is 5.92. The van der Waals surface area contributed by atoms with E-state index in [9.17, 15) is 9.59 Å². The highest BCUT2D eigenvalue weighted by atomic mass is 32.2. The number of hydrogen-bond acceptors (Lipinski definition) is 5. The lowest BCUT2D eigenvalue weighted by molar-refractivity contribution is -0.131. The van der Waals surface area contributed by atoms with Crippen LogP contribution in [0.25, 0.3) is 0 Å². The lowest BCUT2D eigenvalue weighted by Gasteiger charge is -2.24. The molecule has 7 heteroatoms. The average molecular weight is 342 g/mol. The summed E-state index contributed by atoms with van der Waals surface area (Å²) < 4.78 is 0. The Balaban J connectivity index is 1.95. The van der Waals surface area contributed by atoms with Crippen molar-refractivity contribution in [3.05, 3.63) is 22.4 Å². The minimum atomic E-state index is -0.502. The van der Waals surface area contributed by atoms with E-state index in [1.165, 1.54) is 11.3 Å². The van der Waals surface area contributed by atoms with Gasteiger partial charge in [0.2, 0.25) is 5.91 Å². The van der Waals surface area contributed by atoms with Crippen molar-refractivity contribution in [3.8, 4) is 0 Å². The molecule has 1 aromatic rings. The first-order valence-electron chi connectivity index (χ1n) is 7.26. The number of nitrogens with zero attached hydrogens (tertiary/aromatic N) is 2. The number of nitrogens with one attached hydrogen (secondary N) is 1. The predicted octanol–water partition coefficient (Wildman–Crippen LogP) is 1.37. The molecule has 0 spiro atoms. The number of thiophene rings is 1. The van der Waals surface area contributed by atoms with E-state index >= 15 is 0 Å². The van der Waals surface area contributed by atoms with Crippen molar-refractivity contribution in [2.24, 2.45) is 0 Å². The molecule has 0 aromatic carbocycles. The predicted molar refractivity (Wildman–Crippen MR) is 92.6 cm³/mol. The summed E-state index contributed by atoms with van der Waals surface area (Å²) in [5.41, 5.74) is 0. The standard InChI is InChI=1S/C15H23N3O2S2/c1-10(16-14(19)12-6-5-7-22-12)15(20)18-8-11(17(2)3)13(9-18)21-4/h5-7,10-11,13H,8-9H2,1-4H3,(H,16,19)/t10-,11+,13-/m1/s1. The van der Waals surface area contributed by atoms with Crippen LogP contribution in [0.2, 0.25) is 0 Å². The van der Waals surface area contributed by atoms with Crippen LogP contribution in [-0.2, 0) is 4.79 Å². The molecule has 0 unspecified atom stereocenters. The van der Waals surface area contributed by atoms with E-state index in [0.29, 0.717) is 16.2 Å². The van der Waals surface area contributed by atoms with Gasteiger partial charge in [0, 0.05) is 24.4 Å². The van der Waals surface area contributed by atoms with E-state index in [1.807, 2.05) is 30.4 Å². The molecule has 1 aliphatic rings. The number of hydrogen-bond donors (Lipinski definition) is 1. The molecule has 1 aliphatic heterocycles. The van der Waals surface area contributed by atoms with E-state index in [1.54, 1.807) is 24.8 Å². The highest BCUT2D eigenvalue weighted by molar-refractivity contribution is 7.99. The maximum Gasteiger partial charge on any atom is 0.261 e. The highest BCUT2D eigenvalue weighted by Crippen LogP contribution is 2.24. The van der Waals surface area contributed by atoms with Crippen LogP contribution in [-0.4, -0.2) is 72.4 Å². The van der Waals surface area contributed by atoms with Crippen molar-refractivity contribution in [2.45, 2.75) is 24.3 Å². The second-order valence-corrected chi connectivity index (χ2v) is 7.75. The van der Waals surface area contributed by atoms with Crippen LogP contribution in [0.1, 0.15) is 16.6 Å². The number of amides is 2. The van der Waals surface area contributed by atoms with Gasteiger partial charge in [-0.2, -0.15) is 11.8 Å². The van der Waals surface area contributed by atoms with Crippen molar-refractivity contribution in [1.29, 1.82) is 0 Å². The summed E-state index contributed by atoms with van der Waals surface area (Å²) in [6.45, 7) is 3.21. The third-order valence-electron chi connectivity index (χ3n) is 3.98. The summed E-state index contributed by atoms with van der Waals surface area (Å²) in [5, 5.41) is 5.07. The van der Waals surface area contributed by atoms with E-state index in [-0.39, 0.29) is 11.8 Å². The third kappa shape index (κ3) is 3.83. The van der Waals surface area contributed by atoms with Crippen LogP contribution in [0, 0.1) is 0 Å². The van der Waals surface area contributed by atoms with E-state index in [2.05, 4.69) is 16.5 Å². The molecule has 2 heterocycles. The van der Waals surface area contributed by atoms with Gasteiger partial charge >= 0.3 is 0 Å². The molecule has 22 heavy (non-hydrogen) atoms. The highest BCUT2D eigenvalue weighted by Gasteiger charge is 2.37. The second kappa shape index (κ2) is 7.48. The number of likely N-dealkylation sites (tertiary alicyclic amines) is 1. The molecule has 0 bridgehead atoms. The van der Waals surface area contributed by atoms with Crippen molar-refractivity contribution in [1.82, 2.24) is 15.1 Å². The van der Waals surface area contributed by atoms with Crippen molar-refractivity contribution in [3.63, 3.8) is 0 Å². The van der Waals surface area contributed by atoms with Gasteiger partial charge in [0.1, 0.15) is 6.04 Å². The largest absolute Gasteiger partial charge is 0.340 e. The molecule has 122 valence electrons. The van der Waals surface area contributed by atoms with Gasteiger partial charge in [-0.3, -0.25) is 9.59 Å². The van der Waals surface area contributed by atoms with Crippen LogP contribution in [0.5, 0.6) is 0 Å². The normalized spacial score (nSPS) is 22.9. The number of thioether (sulfide) groups is 1. The summed E-state index contributed by atoms with van der Waals surface area (Å²) in [6, 6.07) is 3.45. The smallest absolute Gasteiger partial charge is 0.261 e. The Morgan fingerprint density at radius 2 is 2.18 bits per heavy atom. The summed E-state index contributed by atoms with van der Waals surface area (Å²) in [6.07, 6.45) is 2.08. The van der Waals surface area contributed by atoms with Crippen LogP contribution < -0.4 is 5.32 Å². The number of carbonyl (C=O) groups excluding carboxylic acids is 2. The van der Waals surface area contributed by atoms with Gasteiger partial charge in [-0.1, -0.05) is 6.07 Å². The lowest BCUT2D eigenvalue weighted by Crippen LogP contribution is -2.46. The topological polar surface area (TPSA) is 52.7 Å². The molecule has 2 rings (SSSR count). The Bertz CT molecular complexity index is 519. The molecular formula is C15H23N3O2S2. The minimum absolute atomic E-state index is 0.00620. The first kappa shape index (κ1) is 17.3. The summed E-state index contributed by atoms with van der Waals surface area (Å²) in [5.74, 6) is -0.186. The van der Waals surface area contributed by atoms with Gasteiger partial charge < -0.3 is 15.1 Å². The minimum Gasteiger partial charge on any atom is -0.340 e. The van der Waals surface area contributed by atoms with Crippen LogP contribution in [0.4, 0.5) is 0 Å². The average Bonchev–Trinajstić information content (AvgIpc) is 3.15. The van der Waals surface area contributed by atoms with Crippen molar-refractivity contribution >= 4 is 34.9 Å². The van der Waals surface area contributed by atoms with Crippen molar-refractivity contribution < 1.29 is 9.59 Å². The molecule has 1 N–H and O–H groups in total. The Kier molecular flexibility index (Phi) is 5.88. The molecule has 0 radical (unpaired) electrons. The zero-order chi connectivity index (χ0) is 16.3. The fraction of sp³-hybridized carbons (Fsp3) is 0.600. The van der Waals surface area contributed by atoms with E-state index in [0.717, 1.165) is 13.1 Å². The second-order valence-electron chi connectivity index (χ2n) is 5.72. The zero-order valence-corrected chi connectivity index (χ0v) is 15.0. The van der Waals surface area contributed by atoms with Gasteiger partial charge in [0.25, 0.3) is 5.91 Å². The number of rotatable bonds is 5. The molecule has 1 aromatic heterocycles. The molecular weight excluding hydrogens is 318 g/mol. The zero-order valence-electron chi connectivity index (χ0n) is 13.4. The maximum atomic E-state index is 12.6. The number of carbonyl (C=O) groups is 2. The Hall–Kier alpha value is -1.05. The van der Waals surface area contributed by atoms with E-state index in [4.69, 9.17) is 0 Å². The van der Waals surface area contributed by atoms with Gasteiger partial charge in [-0.05, 0) is 38.7 Å².